The molecule has 0 amide bonds. The number of aryl methyl sites for hydroxylation is 1. The molecule has 0 bridgehead atoms. The second-order valence-electron chi connectivity index (χ2n) is 9.85. The Labute approximate surface area is 211 Å². The molecule has 2 unspecified atom stereocenters. The number of fused-ring (bicyclic) bond motifs is 1. The number of nitrogens with zero attached hydrogens (tertiary/aromatic N) is 7. The van der Waals surface area contributed by atoms with Crippen LogP contribution in [0.25, 0.3) is 22.2 Å². The monoisotopic (exact) mass is 507 g/mol. The molecule has 0 N–H and O–H groups in total. The third-order valence-corrected chi connectivity index (χ3v) is 7.06. The second kappa shape index (κ2) is 8.98. The standard InChI is InChI=1S/C26H27F2N7O2/c1-14-11-34(13-21(37-14)17-10-30-35(12-17)18-5-6-18)22-8-19-24(31-15(2)33(3)26(19)36)23(32-22)16-4-7-20(25(27)28)29-9-16/h4,7-10,12,14,18,21,25H,5-6,11,13H2,1-3H3. The van der Waals surface area contributed by atoms with E-state index in [0.29, 0.717) is 52.9 Å². The third kappa shape index (κ3) is 4.37. The average Bonchev–Trinajstić information content (AvgIpc) is 3.62. The van der Waals surface area contributed by atoms with Crippen LogP contribution in [-0.4, -0.2) is 48.5 Å². The molecule has 192 valence electrons. The number of morpholine rings is 1. The predicted octanol–water partition coefficient (Wildman–Crippen LogP) is 4.13. The highest BCUT2D eigenvalue weighted by atomic mass is 19.3. The van der Waals surface area contributed by atoms with Gasteiger partial charge in [0.1, 0.15) is 34.7 Å². The van der Waals surface area contributed by atoms with Crippen molar-refractivity contribution in [1.82, 2.24) is 29.3 Å². The molecule has 1 saturated heterocycles. The Morgan fingerprint density at radius 2 is 1.95 bits per heavy atom. The molecule has 4 aromatic rings. The molecule has 2 atom stereocenters. The van der Waals surface area contributed by atoms with Gasteiger partial charge in [-0.2, -0.15) is 5.10 Å². The van der Waals surface area contributed by atoms with E-state index < -0.39 is 6.43 Å². The number of hydrogen-bond donors (Lipinski definition) is 0. The molecule has 0 radical (unpaired) electrons. The molecule has 2 fully saturated rings. The van der Waals surface area contributed by atoms with Crippen molar-refractivity contribution in [1.29, 1.82) is 0 Å². The van der Waals surface area contributed by atoms with Crippen molar-refractivity contribution >= 4 is 16.7 Å². The van der Waals surface area contributed by atoms with E-state index in [1.54, 1.807) is 26.1 Å². The number of alkyl halides is 2. The van der Waals surface area contributed by atoms with E-state index in [1.165, 1.54) is 16.8 Å². The lowest BCUT2D eigenvalue weighted by atomic mass is 10.1. The van der Waals surface area contributed by atoms with Crippen molar-refractivity contribution in [2.75, 3.05) is 18.0 Å². The smallest absolute Gasteiger partial charge is 0.280 e. The average molecular weight is 508 g/mol. The third-order valence-electron chi connectivity index (χ3n) is 7.06. The fraction of sp³-hybridized carbons (Fsp3) is 0.423. The van der Waals surface area contributed by atoms with Crippen molar-refractivity contribution in [3.8, 4) is 11.3 Å². The number of aromatic nitrogens is 6. The molecular formula is C26H27F2N7O2. The zero-order valence-corrected chi connectivity index (χ0v) is 20.8. The molecule has 11 heteroatoms. The maximum Gasteiger partial charge on any atom is 0.280 e. The van der Waals surface area contributed by atoms with E-state index in [4.69, 9.17) is 9.72 Å². The van der Waals surface area contributed by atoms with Crippen molar-refractivity contribution in [2.24, 2.45) is 7.05 Å². The summed E-state index contributed by atoms with van der Waals surface area (Å²) in [7, 11) is 1.67. The van der Waals surface area contributed by atoms with E-state index in [9.17, 15) is 13.6 Å². The molecule has 0 spiro atoms. The molecule has 0 aromatic carbocycles. The molecule has 2 aliphatic rings. The molecule has 1 aliphatic heterocycles. The van der Waals surface area contributed by atoms with Crippen LogP contribution in [0.3, 0.4) is 0 Å². The fourth-order valence-electron chi connectivity index (χ4n) is 4.78. The highest BCUT2D eigenvalue weighted by Gasteiger charge is 2.31. The Balaban J connectivity index is 1.44. The van der Waals surface area contributed by atoms with E-state index in [-0.39, 0.29) is 23.5 Å². The van der Waals surface area contributed by atoms with Gasteiger partial charge in [0.25, 0.3) is 12.0 Å². The molecule has 1 aliphatic carbocycles. The lowest BCUT2D eigenvalue weighted by Gasteiger charge is -2.37. The van der Waals surface area contributed by atoms with Crippen molar-refractivity contribution in [3.05, 3.63) is 64.2 Å². The lowest BCUT2D eigenvalue weighted by molar-refractivity contribution is -0.0176. The van der Waals surface area contributed by atoms with Crippen LogP contribution in [0.2, 0.25) is 0 Å². The first-order valence-corrected chi connectivity index (χ1v) is 12.4. The van der Waals surface area contributed by atoms with Crippen LogP contribution in [0.1, 0.15) is 55.4 Å². The van der Waals surface area contributed by atoms with Crippen LogP contribution in [0.4, 0.5) is 14.6 Å². The molecule has 4 aromatic heterocycles. The van der Waals surface area contributed by atoms with Gasteiger partial charge in [-0.05, 0) is 44.9 Å². The first-order chi connectivity index (χ1) is 17.8. The number of ether oxygens (including phenoxy) is 1. The normalized spacial score (nSPS) is 20.2. The minimum atomic E-state index is -2.67. The summed E-state index contributed by atoms with van der Waals surface area (Å²) in [5, 5.41) is 4.92. The molecule has 6 rings (SSSR count). The summed E-state index contributed by atoms with van der Waals surface area (Å²) < 4.78 is 36.0. The fourth-order valence-corrected chi connectivity index (χ4v) is 4.78. The van der Waals surface area contributed by atoms with Gasteiger partial charge in [0.2, 0.25) is 0 Å². The SMILES string of the molecule is Cc1nc2c(-c3ccc(C(F)F)nc3)nc(N3CC(C)OC(c4cnn(C5CC5)c4)C3)cc2c(=O)n1C. The van der Waals surface area contributed by atoms with Crippen LogP contribution in [0.15, 0.2) is 41.6 Å². The zero-order valence-electron chi connectivity index (χ0n) is 20.8. The van der Waals surface area contributed by atoms with Gasteiger partial charge in [0, 0.05) is 37.1 Å². The van der Waals surface area contributed by atoms with Gasteiger partial charge in [-0.25, -0.2) is 18.7 Å². The van der Waals surface area contributed by atoms with Crippen molar-refractivity contribution in [2.45, 2.75) is 51.4 Å². The quantitative estimate of drug-likeness (QED) is 0.401. The Kier molecular flexibility index (Phi) is 5.74. The summed E-state index contributed by atoms with van der Waals surface area (Å²) in [6.45, 7) is 4.85. The van der Waals surface area contributed by atoms with Gasteiger partial charge in [-0.15, -0.1) is 0 Å². The summed E-state index contributed by atoms with van der Waals surface area (Å²) in [5.41, 5.74) is 1.84. The van der Waals surface area contributed by atoms with Crippen LogP contribution < -0.4 is 10.5 Å². The summed E-state index contributed by atoms with van der Waals surface area (Å²) in [4.78, 5) is 28.8. The van der Waals surface area contributed by atoms with Crippen molar-refractivity contribution < 1.29 is 13.5 Å². The molecule has 9 nitrogen and oxygen atoms in total. The topological polar surface area (TPSA) is 91.0 Å². The van der Waals surface area contributed by atoms with E-state index in [1.807, 2.05) is 17.8 Å². The number of halogens is 2. The van der Waals surface area contributed by atoms with E-state index >= 15 is 0 Å². The Morgan fingerprint density at radius 3 is 2.65 bits per heavy atom. The molecular weight excluding hydrogens is 480 g/mol. The van der Waals surface area contributed by atoms with E-state index in [2.05, 4.69) is 26.2 Å². The number of rotatable bonds is 5. The summed E-state index contributed by atoms with van der Waals surface area (Å²) in [5.74, 6) is 1.12. The number of pyridine rings is 2. The maximum absolute atomic E-state index is 13.3. The van der Waals surface area contributed by atoms with Gasteiger partial charge < -0.3 is 9.64 Å². The summed E-state index contributed by atoms with van der Waals surface area (Å²) in [6, 6.07) is 5.06. The van der Waals surface area contributed by atoms with Crippen LogP contribution in [0, 0.1) is 6.92 Å². The van der Waals surface area contributed by atoms with Gasteiger partial charge in [0.15, 0.2) is 0 Å². The minimum absolute atomic E-state index is 0.0880. The Morgan fingerprint density at radius 1 is 1.14 bits per heavy atom. The van der Waals surface area contributed by atoms with Gasteiger partial charge in [-0.1, -0.05) is 0 Å². The van der Waals surface area contributed by atoms with Crippen LogP contribution in [-0.2, 0) is 11.8 Å². The first-order valence-electron chi connectivity index (χ1n) is 12.4. The summed E-state index contributed by atoms with van der Waals surface area (Å²) >= 11 is 0. The minimum Gasteiger partial charge on any atom is -0.367 e. The lowest BCUT2D eigenvalue weighted by Crippen LogP contribution is -2.43. The largest absolute Gasteiger partial charge is 0.367 e. The van der Waals surface area contributed by atoms with Gasteiger partial charge in [0.05, 0.1) is 30.3 Å². The van der Waals surface area contributed by atoms with Crippen LogP contribution in [0.5, 0.6) is 0 Å². The maximum atomic E-state index is 13.3. The number of hydrogen-bond acceptors (Lipinski definition) is 7. The zero-order chi connectivity index (χ0) is 25.8. The number of anilines is 1. The molecule has 1 saturated carbocycles. The second-order valence-corrected chi connectivity index (χ2v) is 9.85. The predicted molar refractivity (Wildman–Crippen MR) is 134 cm³/mol. The highest BCUT2D eigenvalue weighted by Crippen LogP contribution is 2.36. The highest BCUT2D eigenvalue weighted by molar-refractivity contribution is 5.92. The van der Waals surface area contributed by atoms with Gasteiger partial charge in [-0.3, -0.25) is 19.0 Å². The van der Waals surface area contributed by atoms with Gasteiger partial charge >= 0.3 is 0 Å². The Hall–Kier alpha value is -3.73. The molecule has 37 heavy (non-hydrogen) atoms. The van der Waals surface area contributed by atoms with Crippen molar-refractivity contribution in [3.63, 3.8) is 0 Å². The summed E-state index contributed by atoms with van der Waals surface area (Å²) in [6.07, 6.45) is 4.60. The van der Waals surface area contributed by atoms with E-state index in [0.717, 1.165) is 18.4 Å². The Bertz CT molecular complexity index is 1530. The first kappa shape index (κ1) is 23.7. The van der Waals surface area contributed by atoms with Crippen LogP contribution >= 0.6 is 0 Å². The molecule has 5 heterocycles.